The molecule has 0 fully saturated rings. The van der Waals surface area contributed by atoms with E-state index in [0.29, 0.717) is 11.4 Å². The Morgan fingerprint density at radius 1 is 0.967 bits per heavy atom. The van der Waals surface area contributed by atoms with E-state index in [2.05, 4.69) is 15.6 Å². The average Bonchev–Trinajstić information content (AvgIpc) is 3.15. The Kier molecular flexibility index (Phi) is 6.53. The van der Waals surface area contributed by atoms with Gasteiger partial charge in [0, 0.05) is 12.0 Å². The van der Waals surface area contributed by atoms with Gasteiger partial charge in [0.1, 0.15) is 11.7 Å². The van der Waals surface area contributed by atoms with Crippen LogP contribution in [0.2, 0.25) is 0 Å². The van der Waals surface area contributed by atoms with Crippen molar-refractivity contribution in [3.8, 4) is 16.9 Å². The molecular weight excluding hydrogens is 388 g/mol. The van der Waals surface area contributed by atoms with E-state index in [1.54, 1.807) is 4.68 Å². The second-order valence-electron chi connectivity index (χ2n) is 6.57. The van der Waals surface area contributed by atoms with Crippen LogP contribution in [0.5, 0.6) is 0 Å². The quantitative estimate of drug-likeness (QED) is 0.492. The molecule has 1 aromatic heterocycles. The topological polar surface area (TPSA) is 134 Å². The number of amides is 1. The lowest BCUT2D eigenvalue weighted by Gasteiger charge is -2.13. The van der Waals surface area contributed by atoms with Crippen LogP contribution in [0.15, 0.2) is 60.7 Å². The third kappa shape index (κ3) is 5.07. The number of benzene rings is 2. The van der Waals surface area contributed by atoms with Gasteiger partial charge in [-0.3, -0.25) is 9.59 Å². The molecule has 3 aromatic rings. The van der Waals surface area contributed by atoms with E-state index in [-0.39, 0.29) is 19.3 Å². The number of para-hydroxylation sites is 1. The van der Waals surface area contributed by atoms with Crippen LogP contribution in [0.25, 0.3) is 16.9 Å². The number of carbonyl (C=O) groups is 3. The van der Waals surface area contributed by atoms with Crippen LogP contribution in [-0.4, -0.2) is 49.1 Å². The van der Waals surface area contributed by atoms with Crippen molar-refractivity contribution in [1.82, 2.24) is 20.3 Å². The van der Waals surface area contributed by atoms with Crippen molar-refractivity contribution in [3.63, 3.8) is 0 Å². The molecule has 0 bridgehead atoms. The maximum absolute atomic E-state index is 12.5. The fourth-order valence-electron chi connectivity index (χ4n) is 2.99. The summed E-state index contributed by atoms with van der Waals surface area (Å²) < 4.78 is 1.62. The largest absolute Gasteiger partial charge is 0.481 e. The van der Waals surface area contributed by atoms with Gasteiger partial charge in [0.25, 0.3) is 0 Å². The zero-order valence-corrected chi connectivity index (χ0v) is 15.9. The van der Waals surface area contributed by atoms with Gasteiger partial charge >= 0.3 is 11.9 Å². The molecule has 1 heterocycles. The van der Waals surface area contributed by atoms with Crippen molar-refractivity contribution in [2.24, 2.45) is 0 Å². The summed E-state index contributed by atoms with van der Waals surface area (Å²) in [7, 11) is 0. The van der Waals surface area contributed by atoms with Crippen molar-refractivity contribution in [2.45, 2.75) is 25.3 Å². The van der Waals surface area contributed by atoms with Gasteiger partial charge in [0.05, 0.1) is 17.8 Å². The monoisotopic (exact) mass is 408 g/mol. The number of nitrogens with zero attached hydrogens (tertiary/aromatic N) is 3. The van der Waals surface area contributed by atoms with Gasteiger partial charge in [0.2, 0.25) is 5.91 Å². The van der Waals surface area contributed by atoms with Gasteiger partial charge in [0.15, 0.2) is 0 Å². The maximum Gasteiger partial charge on any atom is 0.326 e. The number of carbonyl (C=O) groups excluding carboxylic acids is 1. The molecule has 9 heteroatoms. The number of nitrogens with one attached hydrogen (secondary N) is 1. The van der Waals surface area contributed by atoms with E-state index in [1.165, 1.54) is 0 Å². The smallest absolute Gasteiger partial charge is 0.326 e. The van der Waals surface area contributed by atoms with Crippen LogP contribution < -0.4 is 5.32 Å². The molecule has 1 amide bonds. The Labute approximate surface area is 172 Å². The first-order valence-corrected chi connectivity index (χ1v) is 9.25. The number of carboxylic acid groups (broad SMARTS) is 2. The van der Waals surface area contributed by atoms with Gasteiger partial charge in [-0.2, -0.15) is 0 Å². The Bertz CT molecular complexity index is 1030. The summed E-state index contributed by atoms with van der Waals surface area (Å²) in [5.74, 6) is -3.00. The van der Waals surface area contributed by atoms with E-state index < -0.39 is 23.9 Å². The summed E-state index contributed by atoms with van der Waals surface area (Å²) in [4.78, 5) is 34.6. The van der Waals surface area contributed by atoms with Gasteiger partial charge in [-0.1, -0.05) is 53.7 Å². The molecule has 0 radical (unpaired) electrons. The zero-order valence-electron chi connectivity index (χ0n) is 15.9. The Hall–Kier alpha value is -4.01. The molecule has 154 valence electrons. The summed E-state index contributed by atoms with van der Waals surface area (Å²) in [6, 6.07) is 17.3. The van der Waals surface area contributed by atoms with Crippen LogP contribution in [0, 0.1) is 0 Å². The molecule has 0 saturated heterocycles. The summed E-state index contributed by atoms with van der Waals surface area (Å²) in [5, 5.41) is 28.7. The van der Waals surface area contributed by atoms with E-state index in [1.807, 2.05) is 60.7 Å². The Balaban J connectivity index is 1.87. The molecule has 30 heavy (non-hydrogen) atoms. The Morgan fingerprint density at radius 2 is 1.60 bits per heavy atom. The highest BCUT2D eigenvalue weighted by atomic mass is 16.4. The predicted octanol–water partition coefficient (Wildman–Crippen LogP) is 1.91. The molecule has 0 saturated carbocycles. The van der Waals surface area contributed by atoms with Gasteiger partial charge < -0.3 is 15.5 Å². The van der Waals surface area contributed by atoms with E-state index >= 15 is 0 Å². The molecule has 0 aliphatic rings. The first-order chi connectivity index (χ1) is 14.5. The fourth-order valence-corrected chi connectivity index (χ4v) is 2.99. The number of hydrogen-bond donors (Lipinski definition) is 3. The minimum atomic E-state index is -1.29. The molecule has 1 atom stereocenters. The van der Waals surface area contributed by atoms with E-state index in [4.69, 9.17) is 5.11 Å². The molecule has 0 aliphatic carbocycles. The third-order valence-electron chi connectivity index (χ3n) is 4.40. The summed E-state index contributed by atoms with van der Waals surface area (Å²) in [6.07, 6.45) is -0.775. The number of aromatic nitrogens is 3. The molecule has 1 unspecified atom stereocenters. The highest BCUT2D eigenvalue weighted by molar-refractivity contribution is 5.86. The minimum absolute atomic E-state index is 0.200. The second kappa shape index (κ2) is 9.46. The predicted molar refractivity (Wildman–Crippen MR) is 107 cm³/mol. The van der Waals surface area contributed by atoms with E-state index in [9.17, 15) is 19.5 Å². The number of aliphatic carboxylic acids is 2. The standard InChI is InChI=1S/C21H20N4O5/c26-18(22-16(21(29)30)11-12-19(27)28)13-17-20(14-7-3-1-4-8-14)25(24-23-17)15-9-5-2-6-10-15/h1-10,16H,11-13H2,(H,22,26)(H,27,28)(H,29,30). The first-order valence-electron chi connectivity index (χ1n) is 9.25. The van der Waals surface area contributed by atoms with E-state index in [0.717, 1.165) is 11.3 Å². The normalized spacial score (nSPS) is 11.6. The lowest BCUT2D eigenvalue weighted by atomic mass is 10.1. The molecule has 2 aromatic carbocycles. The van der Waals surface area contributed by atoms with Crippen molar-refractivity contribution >= 4 is 17.8 Å². The highest BCUT2D eigenvalue weighted by Gasteiger charge is 2.24. The molecule has 3 N–H and O–H groups in total. The maximum atomic E-state index is 12.5. The lowest BCUT2D eigenvalue weighted by Crippen LogP contribution is -2.41. The third-order valence-corrected chi connectivity index (χ3v) is 4.40. The van der Waals surface area contributed by atoms with Gasteiger partial charge in [-0.15, -0.1) is 5.10 Å². The van der Waals surface area contributed by atoms with Crippen LogP contribution in [0.4, 0.5) is 0 Å². The van der Waals surface area contributed by atoms with Crippen LogP contribution in [0.1, 0.15) is 18.5 Å². The fraction of sp³-hybridized carbons (Fsp3) is 0.190. The molecular formula is C21H20N4O5. The summed E-state index contributed by atoms with van der Waals surface area (Å²) in [6.45, 7) is 0. The zero-order chi connectivity index (χ0) is 21.5. The van der Waals surface area contributed by atoms with Crippen molar-refractivity contribution < 1.29 is 24.6 Å². The first kappa shape index (κ1) is 20.7. The van der Waals surface area contributed by atoms with Crippen LogP contribution >= 0.6 is 0 Å². The molecule has 0 aliphatic heterocycles. The van der Waals surface area contributed by atoms with Gasteiger partial charge in [-0.05, 0) is 18.6 Å². The molecule has 9 nitrogen and oxygen atoms in total. The van der Waals surface area contributed by atoms with Crippen molar-refractivity contribution in [3.05, 3.63) is 66.4 Å². The van der Waals surface area contributed by atoms with Crippen LogP contribution in [0.3, 0.4) is 0 Å². The van der Waals surface area contributed by atoms with Crippen molar-refractivity contribution in [2.75, 3.05) is 0 Å². The second-order valence-corrected chi connectivity index (χ2v) is 6.57. The summed E-state index contributed by atoms with van der Waals surface area (Å²) >= 11 is 0. The Morgan fingerprint density at radius 3 is 2.20 bits per heavy atom. The summed E-state index contributed by atoms with van der Waals surface area (Å²) in [5.41, 5.74) is 2.56. The minimum Gasteiger partial charge on any atom is -0.481 e. The van der Waals surface area contributed by atoms with Crippen LogP contribution in [-0.2, 0) is 20.8 Å². The average molecular weight is 408 g/mol. The number of hydrogen-bond acceptors (Lipinski definition) is 5. The van der Waals surface area contributed by atoms with Gasteiger partial charge in [-0.25, -0.2) is 9.48 Å². The number of rotatable bonds is 9. The highest BCUT2D eigenvalue weighted by Crippen LogP contribution is 2.25. The number of carboxylic acids is 2. The molecule has 3 rings (SSSR count). The SMILES string of the molecule is O=C(O)CCC(NC(=O)Cc1nnn(-c2ccccc2)c1-c1ccccc1)C(=O)O. The molecule has 0 spiro atoms. The lowest BCUT2D eigenvalue weighted by molar-refractivity contribution is -0.143. The van der Waals surface area contributed by atoms with Crippen molar-refractivity contribution in [1.29, 1.82) is 0 Å².